The number of aryl methyl sites for hydroxylation is 1. The quantitative estimate of drug-likeness (QED) is 0.300. The van der Waals surface area contributed by atoms with Crippen LogP contribution in [-0.2, 0) is 11.3 Å². The maximum Gasteiger partial charge on any atom is 0.249 e. The van der Waals surface area contributed by atoms with Crippen LogP contribution in [-0.4, -0.2) is 46.6 Å². The van der Waals surface area contributed by atoms with Gasteiger partial charge < -0.3 is 25.8 Å². The smallest absolute Gasteiger partial charge is 0.249 e. The van der Waals surface area contributed by atoms with Gasteiger partial charge >= 0.3 is 0 Å². The molecule has 3 N–H and O–H groups in total. The van der Waals surface area contributed by atoms with Crippen LogP contribution in [0.2, 0.25) is 0 Å². The highest BCUT2D eigenvalue weighted by atomic mass is 16.5. The fourth-order valence-electron chi connectivity index (χ4n) is 3.46. The van der Waals surface area contributed by atoms with Crippen molar-refractivity contribution in [2.75, 3.05) is 13.7 Å². The minimum Gasteiger partial charge on any atom is -0.496 e. The molecule has 2 rings (SSSR count). The van der Waals surface area contributed by atoms with Gasteiger partial charge in [-0.15, -0.1) is 5.11 Å². The van der Waals surface area contributed by atoms with Crippen LogP contribution < -0.4 is 10.6 Å². The molecule has 0 bridgehead atoms. The van der Waals surface area contributed by atoms with Crippen LogP contribution in [0.15, 0.2) is 28.1 Å². The van der Waals surface area contributed by atoms with Crippen LogP contribution in [0.3, 0.4) is 0 Å². The predicted octanol–water partition coefficient (Wildman–Crippen LogP) is 2.93. The lowest BCUT2D eigenvalue weighted by Gasteiger charge is -2.40. The first kappa shape index (κ1) is 22.3. The molecular weight excluding hydrogens is 370 g/mol. The average Bonchev–Trinajstić information content (AvgIpc) is 2.68. The maximum atomic E-state index is 13.1. The Morgan fingerprint density at radius 3 is 2.66 bits per heavy atom. The average molecular weight is 402 g/mol. The van der Waals surface area contributed by atoms with Crippen LogP contribution in [0.5, 0.6) is 5.75 Å². The molecule has 1 aromatic rings. The third kappa shape index (κ3) is 4.55. The standard InChI is InChI=1S/C20H31N7O2/c1-12(2)7-8-26-17(9-21)19(24-25-22)27(15(5)20(26)28)11-16-14(4)18(29-6)13(3)10-23-16/h9-10,12,15,21H,7-8,11H2,1-6H3,(H2,22,24)/t15-/m1/s1. The lowest BCUT2D eigenvalue weighted by Crippen LogP contribution is -2.52. The summed E-state index contributed by atoms with van der Waals surface area (Å²) in [4.78, 5) is 21.0. The molecule has 1 aliphatic rings. The fraction of sp³-hybridized carbons (Fsp3) is 0.550. The molecule has 0 saturated carbocycles. The van der Waals surface area contributed by atoms with Crippen molar-refractivity contribution >= 4 is 12.1 Å². The topological polar surface area (TPSA) is 120 Å². The Labute approximate surface area is 172 Å². The molecule has 0 saturated heterocycles. The van der Waals surface area contributed by atoms with E-state index in [0.29, 0.717) is 30.5 Å². The van der Waals surface area contributed by atoms with Crippen molar-refractivity contribution in [3.05, 3.63) is 34.5 Å². The molecule has 0 radical (unpaired) electrons. The molecule has 1 atom stereocenters. The van der Waals surface area contributed by atoms with Gasteiger partial charge in [-0.05, 0) is 33.1 Å². The third-order valence-electron chi connectivity index (χ3n) is 5.17. The minimum atomic E-state index is -0.500. The number of methoxy groups -OCH3 is 1. The van der Waals surface area contributed by atoms with Crippen LogP contribution in [0.4, 0.5) is 0 Å². The van der Waals surface area contributed by atoms with Gasteiger partial charge in [0.25, 0.3) is 0 Å². The monoisotopic (exact) mass is 401 g/mol. The molecule has 158 valence electrons. The van der Waals surface area contributed by atoms with Crippen molar-refractivity contribution in [2.45, 2.75) is 53.6 Å². The molecule has 9 heteroatoms. The highest BCUT2D eigenvalue weighted by Gasteiger charge is 2.37. The van der Waals surface area contributed by atoms with Gasteiger partial charge in [0.15, 0.2) is 5.82 Å². The molecule has 0 unspecified atom stereocenters. The van der Waals surface area contributed by atoms with Crippen molar-refractivity contribution in [1.29, 1.82) is 5.41 Å². The second kappa shape index (κ2) is 9.49. The van der Waals surface area contributed by atoms with Gasteiger partial charge in [0.2, 0.25) is 5.91 Å². The number of nitrogens with two attached hydrogens (primary N) is 1. The maximum absolute atomic E-state index is 13.1. The Morgan fingerprint density at radius 2 is 2.10 bits per heavy atom. The van der Waals surface area contributed by atoms with Gasteiger partial charge in [-0.1, -0.05) is 19.1 Å². The Morgan fingerprint density at radius 1 is 1.41 bits per heavy atom. The highest BCUT2D eigenvalue weighted by molar-refractivity contribution is 5.92. The van der Waals surface area contributed by atoms with Crippen molar-refractivity contribution in [2.24, 2.45) is 22.1 Å². The Bertz CT molecular complexity index is 832. The lowest BCUT2D eigenvalue weighted by atomic mass is 10.1. The Hall–Kier alpha value is -2.97. The number of hydrogen-bond acceptors (Lipinski definition) is 7. The Kier molecular flexibility index (Phi) is 7.30. The van der Waals surface area contributed by atoms with Crippen molar-refractivity contribution in [3.63, 3.8) is 0 Å². The normalized spacial score (nSPS) is 17.6. The van der Waals surface area contributed by atoms with Gasteiger partial charge in [-0.25, -0.2) is 0 Å². The molecular formula is C20H31N7O2. The molecule has 1 amide bonds. The lowest BCUT2D eigenvalue weighted by molar-refractivity contribution is -0.135. The van der Waals surface area contributed by atoms with Crippen LogP contribution in [0, 0.1) is 25.2 Å². The van der Waals surface area contributed by atoms with Crippen molar-refractivity contribution in [3.8, 4) is 5.75 Å². The van der Waals surface area contributed by atoms with E-state index in [4.69, 9.17) is 16.0 Å². The largest absolute Gasteiger partial charge is 0.496 e. The zero-order valence-electron chi connectivity index (χ0n) is 18.1. The summed E-state index contributed by atoms with van der Waals surface area (Å²) in [6, 6.07) is -0.500. The molecule has 2 heterocycles. The van der Waals surface area contributed by atoms with E-state index in [9.17, 15) is 4.79 Å². The summed E-state index contributed by atoms with van der Waals surface area (Å²) in [7, 11) is 1.62. The van der Waals surface area contributed by atoms with Gasteiger partial charge in [-0.3, -0.25) is 9.78 Å². The summed E-state index contributed by atoms with van der Waals surface area (Å²) in [5.74, 6) is 6.85. The molecule has 1 aromatic heterocycles. The van der Waals surface area contributed by atoms with Crippen molar-refractivity contribution in [1.82, 2.24) is 14.8 Å². The first-order valence-electron chi connectivity index (χ1n) is 9.69. The first-order valence-corrected chi connectivity index (χ1v) is 9.69. The van der Waals surface area contributed by atoms with E-state index in [1.165, 1.54) is 0 Å². The number of allylic oxidation sites excluding steroid dienone is 1. The van der Waals surface area contributed by atoms with Gasteiger partial charge in [0.05, 0.1) is 19.3 Å². The zero-order chi connectivity index (χ0) is 21.7. The van der Waals surface area contributed by atoms with Crippen LogP contribution >= 0.6 is 0 Å². The van der Waals surface area contributed by atoms with E-state index >= 15 is 0 Å². The third-order valence-corrected chi connectivity index (χ3v) is 5.17. The second-order valence-corrected chi connectivity index (χ2v) is 7.59. The van der Waals surface area contributed by atoms with Gasteiger partial charge in [-0.2, -0.15) is 0 Å². The summed E-state index contributed by atoms with van der Waals surface area (Å²) in [5.41, 5.74) is 2.99. The number of nitrogens with zero attached hydrogens (tertiary/aromatic N) is 5. The van der Waals surface area contributed by atoms with E-state index < -0.39 is 6.04 Å². The van der Waals surface area contributed by atoms with Gasteiger partial charge in [0.1, 0.15) is 17.5 Å². The zero-order valence-corrected chi connectivity index (χ0v) is 18.1. The van der Waals surface area contributed by atoms with Crippen molar-refractivity contribution < 1.29 is 9.53 Å². The molecule has 9 nitrogen and oxygen atoms in total. The summed E-state index contributed by atoms with van der Waals surface area (Å²) in [5, 5.41) is 15.4. The molecule has 0 aromatic carbocycles. The van der Waals surface area contributed by atoms with E-state index in [0.717, 1.165) is 35.2 Å². The van der Waals surface area contributed by atoms with Crippen LogP contribution in [0.1, 0.15) is 44.0 Å². The van der Waals surface area contributed by atoms with Crippen LogP contribution in [0.25, 0.3) is 0 Å². The molecule has 0 fully saturated rings. The molecule has 29 heavy (non-hydrogen) atoms. The number of carbonyl (C=O) groups is 1. The second-order valence-electron chi connectivity index (χ2n) is 7.59. The highest BCUT2D eigenvalue weighted by Crippen LogP contribution is 2.31. The summed E-state index contributed by atoms with van der Waals surface area (Å²) >= 11 is 0. The van der Waals surface area contributed by atoms with E-state index in [1.807, 2.05) is 20.8 Å². The van der Waals surface area contributed by atoms with E-state index in [1.54, 1.807) is 23.1 Å². The predicted molar refractivity (Wildman–Crippen MR) is 111 cm³/mol. The SMILES string of the molecule is COc1c(C)cnc(CN2C(N=NN)=C(C=N)N(CCC(C)C)C(=O)[C@H]2C)c1C. The number of ether oxygens (including phenoxy) is 1. The summed E-state index contributed by atoms with van der Waals surface area (Å²) in [6.07, 6.45) is 3.70. The number of rotatable bonds is 8. The molecule has 0 aliphatic carbocycles. The van der Waals surface area contributed by atoms with E-state index in [-0.39, 0.29) is 5.91 Å². The number of pyridine rings is 1. The minimum absolute atomic E-state index is 0.0862. The number of hydrogen-bond donors (Lipinski definition) is 2. The number of nitrogens with one attached hydrogen (secondary N) is 1. The Balaban J connectivity index is 2.51. The number of aromatic nitrogens is 1. The summed E-state index contributed by atoms with van der Waals surface area (Å²) in [6.45, 7) is 10.7. The van der Waals surface area contributed by atoms with Gasteiger partial charge in [0, 0.05) is 30.1 Å². The number of carbonyl (C=O) groups excluding carboxylic acids is 1. The summed E-state index contributed by atoms with van der Waals surface area (Å²) < 4.78 is 5.50. The molecule has 1 aliphatic heterocycles. The van der Waals surface area contributed by atoms with E-state index in [2.05, 4.69) is 29.2 Å². The number of amides is 1. The first-order chi connectivity index (χ1) is 13.8. The molecule has 0 spiro atoms. The fourth-order valence-corrected chi connectivity index (χ4v) is 3.46.